The minimum atomic E-state index is -0.429. The summed E-state index contributed by atoms with van der Waals surface area (Å²) in [6, 6.07) is -0.329. The second-order valence-corrected chi connectivity index (χ2v) is 3.66. The molecule has 70 valence electrons. The van der Waals surface area contributed by atoms with Gasteiger partial charge in [-0.1, -0.05) is 13.8 Å². The summed E-state index contributed by atoms with van der Waals surface area (Å²) < 4.78 is 0. The summed E-state index contributed by atoms with van der Waals surface area (Å²) >= 11 is 0. The zero-order valence-electron chi connectivity index (χ0n) is 7.53. The van der Waals surface area contributed by atoms with Gasteiger partial charge >= 0.3 is 0 Å². The number of β-amino-alcohol motifs (C(OH)–C–C–N with tert-alkyl or cyclic N) is 1. The van der Waals surface area contributed by atoms with E-state index in [2.05, 4.69) is 0 Å². The molecule has 1 aliphatic heterocycles. The van der Waals surface area contributed by atoms with Gasteiger partial charge in [0, 0.05) is 13.1 Å². The number of carbonyl (C=O) groups excluding carboxylic acids is 1. The van der Waals surface area contributed by atoms with Crippen LogP contribution in [0, 0.1) is 5.92 Å². The van der Waals surface area contributed by atoms with E-state index in [9.17, 15) is 9.90 Å². The molecule has 4 heteroatoms. The number of hydrogen-bond acceptors (Lipinski definition) is 3. The Morgan fingerprint density at radius 1 is 1.75 bits per heavy atom. The van der Waals surface area contributed by atoms with E-state index in [4.69, 9.17) is 5.73 Å². The zero-order valence-corrected chi connectivity index (χ0v) is 7.53. The van der Waals surface area contributed by atoms with Crippen LogP contribution in [0.2, 0.25) is 0 Å². The number of likely N-dealkylation sites (tertiary alicyclic amines) is 1. The van der Waals surface area contributed by atoms with Gasteiger partial charge in [-0.2, -0.15) is 0 Å². The van der Waals surface area contributed by atoms with Crippen molar-refractivity contribution < 1.29 is 9.90 Å². The molecular formula is C8H16N2O2. The van der Waals surface area contributed by atoms with Crippen LogP contribution in [-0.4, -0.2) is 41.1 Å². The van der Waals surface area contributed by atoms with Gasteiger partial charge in [-0.15, -0.1) is 0 Å². The van der Waals surface area contributed by atoms with Crippen LogP contribution in [0.5, 0.6) is 0 Å². The summed E-state index contributed by atoms with van der Waals surface area (Å²) in [6.07, 6.45) is -0.429. The van der Waals surface area contributed by atoms with Crippen LogP contribution < -0.4 is 5.73 Å². The third-order valence-electron chi connectivity index (χ3n) is 2.22. The first-order chi connectivity index (χ1) is 5.52. The number of aliphatic hydroxyl groups excluding tert-OH is 1. The molecule has 0 spiro atoms. The first-order valence-electron chi connectivity index (χ1n) is 4.24. The molecule has 1 heterocycles. The summed E-state index contributed by atoms with van der Waals surface area (Å²) in [7, 11) is 0. The first-order valence-corrected chi connectivity index (χ1v) is 4.24. The molecule has 1 aliphatic rings. The lowest BCUT2D eigenvalue weighted by molar-refractivity contribution is -0.144. The van der Waals surface area contributed by atoms with Gasteiger partial charge in [0.1, 0.15) is 6.04 Å². The predicted octanol–water partition coefficient (Wildman–Crippen LogP) is -0.827. The Labute approximate surface area is 72.3 Å². The highest BCUT2D eigenvalue weighted by Crippen LogP contribution is 2.11. The Balaban J connectivity index is 2.29. The van der Waals surface area contributed by atoms with E-state index in [1.807, 2.05) is 13.8 Å². The van der Waals surface area contributed by atoms with Gasteiger partial charge in [-0.25, -0.2) is 0 Å². The van der Waals surface area contributed by atoms with Crippen molar-refractivity contribution in [3.05, 3.63) is 0 Å². The van der Waals surface area contributed by atoms with Gasteiger partial charge < -0.3 is 15.7 Å². The average molecular weight is 172 g/mol. The fourth-order valence-corrected chi connectivity index (χ4v) is 1.13. The third-order valence-corrected chi connectivity index (χ3v) is 2.22. The molecule has 4 nitrogen and oxygen atoms in total. The highest BCUT2D eigenvalue weighted by molar-refractivity contribution is 5.87. The summed E-state index contributed by atoms with van der Waals surface area (Å²) in [6.45, 7) is 4.86. The topological polar surface area (TPSA) is 66.6 Å². The van der Waals surface area contributed by atoms with Crippen LogP contribution in [0.1, 0.15) is 13.8 Å². The summed E-state index contributed by atoms with van der Waals surface area (Å²) in [5.41, 5.74) is 5.39. The predicted molar refractivity (Wildman–Crippen MR) is 45.4 cm³/mol. The van der Waals surface area contributed by atoms with Gasteiger partial charge in [0.25, 0.3) is 0 Å². The molecule has 12 heavy (non-hydrogen) atoms. The monoisotopic (exact) mass is 172 g/mol. The van der Waals surface area contributed by atoms with Crippen LogP contribution in [0.4, 0.5) is 0 Å². The maximum atomic E-state index is 11.0. The normalized spacial score (nSPS) is 25.9. The standard InChI is InChI=1S/C8H16N2O2/c1-5(2)7(11)4-10-3-6(9)8(10)12/h5-7,11H,3-4,9H2,1-2H3. The Kier molecular flexibility index (Phi) is 2.69. The Morgan fingerprint density at radius 2 is 2.33 bits per heavy atom. The Morgan fingerprint density at radius 3 is 2.67 bits per heavy atom. The molecule has 0 aromatic carbocycles. The number of hydrogen-bond donors (Lipinski definition) is 2. The minimum Gasteiger partial charge on any atom is -0.391 e. The van der Waals surface area contributed by atoms with Crippen molar-refractivity contribution in [2.24, 2.45) is 11.7 Å². The highest BCUT2D eigenvalue weighted by atomic mass is 16.3. The molecule has 1 fully saturated rings. The van der Waals surface area contributed by atoms with Crippen LogP contribution in [-0.2, 0) is 4.79 Å². The molecule has 0 radical (unpaired) electrons. The van der Waals surface area contributed by atoms with Crippen molar-refractivity contribution in [3.63, 3.8) is 0 Å². The molecule has 3 N–H and O–H groups in total. The maximum Gasteiger partial charge on any atom is 0.241 e. The number of carbonyl (C=O) groups is 1. The number of β-lactam (4-membered cyclic amide) rings is 1. The van der Waals surface area contributed by atoms with E-state index in [0.29, 0.717) is 13.1 Å². The largest absolute Gasteiger partial charge is 0.391 e. The SMILES string of the molecule is CC(C)C(O)CN1CC(N)C1=O. The van der Waals surface area contributed by atoms with Crippen molar-refractivity contribution in [3.8, 4) is 0 Å². The Bertz CT molecular complexity index is 182. The van der Waals surface area contributed by atoms with E-state index in [1.165, 1.54) is 0 Å². The van der Waals surface area contributed by atoms with Gasteiger partial charge in [-0.3, -0.25) is 4.79 Å². The smallest absolute Gasteiger partial charge is 0.241 e. The lowest BCUT2D eigenvalue weighted by Gasteiger charge is -2.38. The minimum absolute atomic E-state index is 0.0466. The molecule has 0 bridgehead atoms. The van der Waals surface area contributed by atoms with E-state index < -0.39 is 6.10 Å². The van der Waals surface area contributed by atoms with Gasteiger partial charge in [-0.05, 0) is 5.92 Å². The van der Waals surface area contributed by atoms with Crippen LogP contribution in [0.15, 0.2) is 0 Å². The third kappa shape index (κ3) is 1.76. The molecule has 0 saturated carbocycles. The van der Waals surface area contributed by atoms with Crippen molar-refractivity contribution >= 4 is 5.91 Å². The van der Waals surface area contributed by atoms with Crippen molar-refractivity contribution in [1.29, 1.82) is 0 Å². The molecule has 2 atom stereocenters. The average Bonchev–Trinajstić information content (AvgIpc) is 2.03. The molecule has 1 rings (SSSR count). The number of aliphatic hydroxyl groups is 1. The molecular weight excluding hydrogens is 156 g/mol. The quantitative estimate of drug-likeness (QED) is 0.546. The van der Waals surface area contributed by atoms with E-state index in [-0.39, 0.29) is 17.9 Å². The van der Waals surface area contributed by atoms with E-state index >= 15 is 0 Å². The molecule has 0 aromatic rings. The maximum absolute atomic E-state index is 11.0. The van der Waals surface area contributed by atoms with Crippen molar-refractivity contribution in [1.82, 2.24) is 4.90 Å². The van der Waals surface area contributed by atoms with Gasteiger partial charge in [0.15, 0.2) is 0 Å². The molecule has 1 saturated heterocycles. The molecule has 0 aromatic heterocycles. The van der Waals surface area contributed by atoms with Gasteiger partial charge in [0.05, 0.1) is 6.10 Å². The van der Waals surface area contributed by atoms with Crippen molar-refractivity contribution in [2.75, 3.05) is 13.1 Å². The number of rotatable bonds is 3. The molecule has 1 amide bonds. The molecule has 0 aliphatic carbocycles. The fourth-order valence-electron chi connectivity index (χ4n) is 1.13. The second-order valence-electron chi connectivity index (χ2n) is 3.66. The van der Waals surface area contributed by atoms with E-state index in [0.717, 1.165) is 0 Å². The van der Waals surface area contributed by atoms with Gasteiger partial charge in [0.2, 0.25) is 5.91 Å². The van der Waals surface area contributed by atoms with Crippen LogP contribution >= 0.6 is 0 Å². The highest BCUT2D eigenvalue weighted by Gasteiger charge is 2.34. The lowest BCUT2D eigenvalue weighted by atomic mass is 10.0. The van der Waals surface area contributed by atoms with E-state index in [1.54, 1.807) is 4.90 Å². The lowest BCUT2D eigenvalue weighted by Crippen LogP contribution is -2.62. The first kappa shape index (κ1) is 9.48. The Hall–Kier alpha value is -0.610. The molecule has 2 unspecified atom stereocenters. The number of nitrogens with zero attached hydrogens (tertiary/aromatic N) is 1. The van der Waals surface area contributed by atoms with Crippen molar-refractivity contribution in [2.45, 2.75) is 26.0 Å². The summed E-state index contributed by atoms with van der Waals surface area (Å²) in [5.74, 6) is 0.143. The van der Waals surface area contributed by atoms with Crippen LogP contribution in [0.3, 0.4) is 0 Å². The van der Waals surface area contributed by atoms with Crippen LogP contribution in [0.25, 0.3) is 0 Å². The summed E-state index contributed by atoms with van der Waals surface area (Å²) in [4.78, 5) is 12.6. The fraction of sp³-hybridized carbons (Fsp3) is 0.875. The zero-order chi connectivity index (χ0) is 9.30. The number of nitrogens with two attached hydrogens (primary N) is 1. The second kappa shape index (κ2) is 3.41. The summed E-state index contributed by atoms with van der Waals surface area (Å²) in [5, 5.41) is 9.43. The number of amides is 1.